The van der Waals surface area contributed by atoms with E-state index in [1.54, 1.807) is 0 Å². The molecular weight excluding hydrogens is 260 g/mol. The van der Waals surface area contributed by atoms with E-state index in [4.69, 9.17) is 9.47 Å². The largest absolute Gasteiger partial charge is 0.352 e. The molecule has 1 aliphatic heterocycles. The van der Waals surface area contributed by atoms with Crippen LogP contribution in [0.2, 0.25) is 0 Å². The number of unbranched alkanes of at least 4 members (excludes halogenated alkanes) is 6. The molecule has 0 aromatic heterocycles. The van der Waals surface area contributed by atoms with Gasteiger partial charge in [-0.1, -0.05) is 52.0 Å². The van der Waals surface area contributed by atoms with Crippen LogP contribution >= 0.6 is 0 Å². The normalized spacial score (nSPS) is 25.9. The first-order valence-electron chi connectivity index (χ1n) is 9.19. The smallest absolute Gasteiger partial charge is 0.157 e. The first kappa shape index (κ1) is 18.7. The maximum absolute atomic E-state index is 6.16. The summed E-state index contributed by atoms with van der Waals surface area (Å²) in [5.74, 6) is 0.603. The van der Waals surface area contributed by atoms with Gasteiger partial charge in [0.1, 0.15) is 0 Å². The van der Waals surface area contributed by atoms with E-state index in [9.17, 15) is 0 Å². The highest BCUT2D eigenvalue weighted by Crippen LogP contribution is 2.27. The molecule has 1 heterocycles. The van der Waals surface area contributed by atoms with Crippen LogP contribution in [-0.4, -0.2) is 19.0 Å². The molecule has 1 rings (SSSR count). The molecule has 0 aromatic rings. The van der Waals surface area contributed by atoms with Crippen LogP contribution < -0.4 is 0 Å². The van der Waals surface area contributed by atoms with E-state index in [0.29, 0.717) is 12.0 Å². The van der Waals surface area contributed by atoms with Gasteiger partial charge in [-0.25, -0.2) is 0 Å². The molecule has 0 saturated carbocycles. The summed E-state index contributed by atoms with van der Waals surface area (Å²) in [4.78, 5) is 0. The van der Waals surface area contributed by atoms with Crippen molar-refractivity contribution in [1.82, 2.24) is 0 Å². The topological polar surface area (TPSA) is 18.5 Å². The summed E-state index contributed by atoms with van der Waals surface area (Å²) in [5, 5.41) is 0. The SMILES string of the molecule is C=CCCCCCCCC[C@H]1OC[C@@H](CC)[C@H](CCC)O1. The van der Waals surface area contributed by atoms with Gasteiger partial charge in [-0.2, -0.15) is 0 Å². The number of rotatable bonds is 12. The fourth-order valence-corrected chi connectivity index (χ4v) is 3.11. The van der Waals surface area contributed by atoms with Crippen LogP contribution in [0.1, 0.15) is 84.5 Å². The molecule has 0 amide bonds. The van der Waals surface area contributed by atoms with E-state index in [2.05, 4.69) is 20.4 Å². The van der Waals surface area contributed by atoms with E-state index in [1.807, 2.05) is 6.08 Å². The zero-order valence-electron chi connectivity index (χ0n) is 14.3. The number of allylic oxidation sites excluding steroid dienone is 1. The zero-order valence-corrected chi connectivity index (χ0v) is 14.3. The Hall–Kier alpha value is -0.340. The molecule has 0 N–H and O–H groups in total. The van der Waals surface area contributed by atoms with Crippen molar-refractivity contribution in [3.8, 4) is 0 Å². The average Bonchev–Trinajstić information content (AvgIpc) is 2.50. The minimum absolute atomic E-state index is 0.0603. The fourth-order valence-electron chi connectivity index (χ4n) is 3.11. The Morgan fingerprint density at radius 2 is 1.71 bits per heavy atom. The van der Waals surface area contributed by atoms with Gasteiger partial charge >= 0.3 is 0 Å². The highest BCUT2D eigenvalue weighted by Gasteiger charge is 2.29. The van der Waals surface area contributed by atoms with Gasteiger partial charge in [-0.05, 0) is 38.5 Å². The molecular formula is C19H36O2. The molecule has 124 valence electrons. The molecule has 0 aliphatic carbocycles. The van der Waals surface area contributed by atoms with Gasteiger partial charge in [0.2, 0.25) is 0 Å². The van der Waals surface area contributed by atoms with Crippen molar-refractivity contribution in [3.05, 3.63) is 12.7 Å². The van der Waals surface area contributed by atoms with Crippen molar-refractivity contribution < 1.29 is 9.47 Å². The molecule has 0 spiro atoms. The Morgan fingerprint density at radius 1 is 1.00 bits per heavy atom. The maximum atomic E-state index is 6.16. The Balaban J connectivity index is 2.05. The van der Waals surface area contributed by atoms with E-state index < -0.39 is 0 Å². The van der Waals surface area contributed by atoms with Crippen LogP contribution in [0.5, 0.6) is 0 Å². The zero-order chi connectivity index (χ0) is 15.3. The van der Waals surface area contributed by atoms with E-state index in [-0.39, 0.29) is 6.29 Å². The molecule has 0 radical (unpaired) electrons. The summed E-state index contributed by atoms with van der Waals surface area (Å²) in [7, 11) is 0. The summed E-state index contributed by atoms with van der Waals surface area (Å²) >= 11 is 0. The van der Waals surface area contributed by atoms with Crippen molar-refractivity contribution in [2.24, 2.45) is 5.92 Å². The van der Waals surface area contributed by atoms with Crippen molar-refractivity contribution in [1.29, 1.82) is 0 Å². The van der Waals surface area contributed by atoms with Gasteiger partial charge in [0.15, 0.2) is 6.29 Å². The van der Waals surface area contributed by atoms with Crippen LogP contribution in [0.25, 0.3) is 0 Å². The Labute approximate surface area is 132 Å². The Kier molecular flexibility index (Phi) is 10.9. The molecule has 3 atom stereocenters. The monoisotopic (exact) mass is 296 g/mol. The molecule has 21 heavy (non-hydrogen) atoms. The lowest BCUT2D eigenvalue weighted by atomic mass is 9.95. The fraction of sp³-hybridized carbons (Fsp3) is 0.895. The minimum Gasteiger partial charge on any atom is -0.352 e. The van der Waals surface area contributed by atoms with Gasteiger partial charge in [0, 0.05) is 5.92 Å². The lowest BCUT2D eigenvalue weighted by molar-refractivity contribution is -0.240. The predicted octanol–water partition coefficient (Wildman–Crippen LogP) is 5.86. The molecule has 1 fully saturated rings. The van der Waals surface area contributed by atoms with Crippen molar-refractivity contribution in [3.63, 3.8) is 0 Å². The van der Waals surface area contributed by atoms with Crippen LogP contribution in [0, 0.1) is 5.92 Å². The number of ether oxygens (including phenoxy) is 2. The Bertz CT molecular complexity index is 252. The molecule has 2 nitrogen and oxygen atoms in total. The first-order chi connectivity index (χ1) is 10.3. The summed E-state index contributed by atoms with van der Waals surface area (Å²) in [5.41, 5.74) is 0. The summed E-state index contributed by atoms with van der Waals surface area (Å²) < 4.78 is 12.0. The molecule has 0 bridgehead atoms. The van der Waals surface area contributed by atoms with Crippen LogP contribution in [0.3, 0.4) is 0 Å². The second-order valence-corrected chi connectivity index (χ2v) is 6.38. The lowest BCUT2D eigenvalue weighted by Crippen LogP contribution is -2.39. The van der Waals surface area contributed by atoms with Gasteiger partial charge in [0.05, 0.1) is 12.7 Å². The molecule has 1 saturated heterocycles. The van der Waals surface area contributed by atoms with Crippen LogP contribution in [0.4, 0.5) is 0 Å². The van der Waals surface area contributed by atoms with Gasteiger partial charge in [-0.15, -0.1) is 6.58 Å². The van der Waals surface area contributed by atoms with Crippen LogP contribution in [-0.2, 0) is 9.47 Å². The first-order valence-corrected chi connectivity index (χ1v) is 9.19. The maximum Gasteiger partial charge on any atom is 0.157 e. The van der Waals surface area contributed by atoms with E-state index >= 15 is 0 Å². The molecule has 0 unspecified atom stereocenters. The third-order valence-electron chi connectivity index (χ3n) is 4.54. The van der Waals surface area contributed by atoms with Gasteiger partial charge in [-0.3, -0.25) is 0 Å². The van der Waals surface area contributed by atoms with Crippen molar-refractivity contribution in [2.45, 2.75) is 96.9 Å². The lowest BCUT2D eigenvalue weighted by Gasteiger charge is -2.36. The third kappa shape index (κ3) is 8.01. The molecule has 1 aliphatic rings. The number of hydrogen-bond acceptors (Lipinski definition) is 2. The molecule has 2 heteroatoms. The standard InChI is InChI=1S/C19H36O2/c1-4-7-8-9-10-11-12-13-15-19-20-16-17(6-3)18(21-19)14-5-2/h4,17-19H,1,5-16H2,2-3H3/t17-,18+,19+/m1/s1. The quantitative estimate of drug-likeness (QED) is 0.331. The summed E-state index contributed by atoms with van der Waals surface area (Å²) in [6, 6.07) is 0. The predicted molar refractivity (Wildman–Crippen MR) is 90.4 cm³/mol. The van der Waals surface area contributed by atoms with Gasteiger partial charge in [0.25, 0.3) is 0 Å². The van der Waals surface area contributed by atoms with Crippen LogP contribution in [0.15, 0.2) is 12.7 Å². The summed E-state index contributed by atoms with van der Waals surface area (Å²) in [6.45, 7) is 9.14. The second kappa shape index (κ2) is 12.2. The second-order valence-electron chi connectivity index (χ2n) is 6.38. The number of hydrogen-bond donors (Lipinski definition) is 0. The molecule has 0 aromatic carbocycles. The van der Waals surface area contributed by atoms with E-state index in [1.165, 1.54) is 64.2 Å². The Morgan fingerprint density at radius 3 is 2.38 bits per heavy atom. The summed E-state index contributed by atoms with van der Waals surface area (Å²) in [6.07, 6.45) is 16.2. The minimum atomic E-state index is 0.0603. The van der Waals surface area contributed by atoms with Crippen molar-refractivity contribution in [2.75, 3.05) is 6.61 Å². The highest BCUT2D eigenvalue weighted by atomic mass is 16.7. The highest BCUT2D eigenvalue weighted by molar-refractivity contribution is 4.73. The average molecular weight is 296 g/mol. The van der Waals surface area contributed by atoms with Crippen molar-refractivity contribution >= 4 is 0 Å². The van der Waals surface area contributed by atoms with E-state index in [0.717, 1.165) is 13.0 Å². The third-order valence-corrected chi connectivity index (χ3v) is 4.54. The van der Waals surface area contributed by atoms with Gasteiger partial charge < -0.3 is 9.47 Å².